The minimum Gasteiger partial charge on any atom is -0.493 e. The summed E-state index contributed by atoms with van der Waals surface area (Å²) in [5.74, 6) is 3.42. The van der Waals surface area contributed by atoms with E-state index in [4.69, 9.17) is 28.4 Å². The van der Waals surface area contributed by atoms with Crippen LogP contribution in [0.1, 0.15) is 30.9 Å². The van der Waals surface area contributed by atoms with Crippen LogP contribution in [0.2, 0.25) is 0 Å². The van der Waals surface area contributed by atoms with E-state index in [1.807, 2.05) is 24.3 Å². The number of methoxy groups -OCH3 is 6. The van der Waals surface area contributed by atoms with Crippen molar-refractivity contribution in [3.8, 4) is 34.5 Å². The normalized spacial score (nSPS) is 18.1. The fraction of sp³-hybridized carbons (Fsp3) is 0.370. The first-order chi connectivity index (χ1) is 16.4. The second kappa shape index (κ2) is 11.0. The molecule has 0 N–H and O–H groups in total. The molecule has 1 saturated carbocycles. The van der Waals surface area contributed by atoms with Crippen molar-refractivity contribution in [2.45, 2.75) is 19.8 Å². The van der Waals surface area contributed by atoms with Crippen LogP contribution in [-0.4, -0.2) is 48.4 Å². The van der Waals surface area contributed by atoms with Crippen molar-refractivity contribution >= 4 is 17.9 Å². The van der Waals surface area contributed by atoms with Crippen molar-refractivity contribution in [1.82, 2.24) is 0 Å². The van der Waals surface area contributed by atoms with Crippen LogP contribution in [-0.2, 0) is 4.79 Å². The van der Waals surface area contributed by atoms with Gasteiger partial charge in [0.15, 0.2) is 28.8 Å². The van der Waals surface area contributed by atoms with Gasteiger partial charge in [-0.1, -0.05) is 6.92 Å². The summed E-state index contributed by atoms with van der Waals surface area (Å²) in [5, 5.41) is 0. The molecule has 7 nitrogen and oxygen atoms in total. The number of ketones is 1. The molecule has 0 amide bonds. The molecule has 7 heteroatoms. The van der Waals surface area contributed by atoms with Gasteiger partial charge in [0, 0.05) is 22.3 Å². The van der Waals surface area contributed by atoms with E-state index in [1.54, 1.807) is 54.8 Å². The lowest BCUT2D eigenvalue weighted by Crippen LogP contribution is -2.18. The Hall–Kier alpha value is -3.61. The van der Waals surface area contributed by atoms with Crippen LogP contribution in [0.15, 0.2) is 35.4 Å². The largest absolute Gasteiger partial charge is 0.493 e. The van der Waals surface area contributed by atoms with Gasteiger partial charge in [-0.25, -0.2) is 0 Å². The molecule has 0 radical (unpaired) electrons. The number of hydrogen-bond donors (Lipinski definition) is 0. The SMILES string of the molecule is COc1ccc(/C=C2/CC(C)C/C(=C/c3ccc(OC)c(OC)c3OC)C2=O)c(OC)c1OC. The molecule has 0 spiro atoms. The Morgan fingerprint density at radius 1 is 0.618 bits per heavy atom. The molecule has 0 aliphatic heterocycles. The van der Waals surface area contributed by atoms with Crippen LogP contribution >= 0.6 is 0 Å². The van der Waals surface area contributed by atoms with Gasteiger partial charge in [0.05, 0.1) is 42.7 Å². The van der Waals surface area contributed by atoms with Crippen molar-refractivity contribution in [3.05, 3.63) is 46.5 Å². The fourth-order valence-electron chi connectivity index (χ4n) is 4.32. The Morgan fingerprint density at radius 2 is 1.00 bits per heavy atom. The smallest absolute Gasteiger partial charge is 0.203 e. The maximum absolute atomic E-state index is 13.5. The van der Waals surface area contributed by atoms with E-state index in [0.29, 0.717) is 58.5 Å². The maximum Gasteiger partial charge on any atom is 0.203 e. The molecule has 0 saturated heterocycles. The number of hydrogen-bond acceptors (Lipinski definition) is 7. The topological polar surface area (TPSA) is 72.5 Å². The molecule has 0 aromatic heterocycles. The summed E-state index contributed by atoms with van der Waals surface area (Å²) in [4.78, 5) is 13.5. The van der Waals surface area contributed by atoms with E-state index >= 15 is 0 Å². The average Bonchev–Trinajstić information content (AvgIpc) is 2.85. The first-order valence-corrected chi connectivity index (χ1v) is 11.0. The highest BCUT2D eigenvalue weighted by molar-refractivity contribution is 6.14. The molecule has 2 aromatic rings. The molecule has 0 atom stereocenters. The second-order valence-corrected chi connectivity index (χ2v) is 8.03. The minimum atomic E-state index is -0.00761. The van der Waals surface area contributed by atoms with Gasteiger partial charge in [-0.3, -0.25) is 4.79 Å². The van der Waals surface area contributed by atoms with Gasteiger partial charge < -0.3 is 28.4 Å². The lowest BCUT2D eigenvalue weighted by atomic mass is 9.80. The van der Waals surface area contributed by atoms with Crippen molar-refractivity contribution < 1.29 is 33.2 Å². The molecule has 1 aliphatic rings. The number of carbonyl (C=O) groups excluding carboxylic acids is 1. The molecule has 34 heavy (non-hydrogen) atoms. The predicted molar refractivity (Wildman–Crippen MR) is 132 cm³/mol. The third-order valence-corrected chi connectivity index (χ3v) is 5.85. The highest BCUT2D eigenvalue weighted by Gasteiger charge is 2.27. The van der Waals surface area contributed by atoms with E-state index in [-0.39, 0.29) is 11.7 Å². The number of carbonyl (C=O) groups is 1. The van der Waals surface area contributed by atoms with Gasteiger partial charge in [-0.05, 0) is 55.2 Å². The van der Waals surface area contributed by atoms with Crippen molar-refractivity contribution in [2.75, 3.05) is 42.7 Å². The van der Waals surface area contributed by atoms with Crippen molar-refractivity contribution in [2.24, 2.45) is 5.92 Å². The Bertz CT molecular complexity index is 1030. The lowest BCUT2D eigenvalue weighted by Gasteiger charge is -2.23. The van der Waals surface area contributed by atoms with Gasteiger partial charge in [-0.15, -0.1) is 0 Å². The Kier molecular flexibility index (Phi) is 8.10. The van der Waals surface area contributed by atoms with E-state index in [0.717, 1.165) is 11.1 Å². The summed E-state index contributed by atoms with van der Waals surface area (Å²) in [6.07, 6.45) is 5.07. The van der Waals surface area contributed by atoms with Crippen LogP contribution in [0.4, 0.5) is 0 Å². The predicted octanol–water partition coefficient (Wildman–Crippen LogP) is 5.20. The number of allylic oxidation sites excluding steroid dienone is 2. The quantitative estimate of drug-likeness (QED) is 0.493. The monoisotopic (exact) mass is 468 g/mol. The minimum absolute atomic E-state index is 0.00761. The average molecular weight is 469 g/mol. The number of rotatable bonds is 8. The van der Waals surface area contributed by atoms with Gasteiger partial charge >= 0.3 is 0 Å². The zero-order chi connectivity index (χ0) is 24.8. The number of benzene rings is 2. The molecule has 0 heterocycles. The number of ether oxygens (including phenoxy) is 6. The summed E-state index contributed by atoms with van der Waals surface area (Å²) < 4.78 is 32.9. The molecule has 0 unspecified atom stereocenters. The third kappa shape index (κ3) is 4.83. The van der Waals surface area contributed by atoms with Gasteiger partial charge in [-0.2, -0.15) is 0 Å². The summed E-state index contributed by atoms with van der Waals surface area (Å²) >= 11 is 0. The summed E-state index contributed by atoms with van der Waals surface area (Å²) in [5.41, 5.74) is 2.91. The van der Waals surface area contributed by atoms with Crippen LogP contribution in [0, 0.1) is 5.92 Å². The first kappa shape index (κ1) is 25.0. The molecule has 2 aromatic carbocycles. The van der Waals surface area contributed by atoms with E-state index < -0.39 is 0 Å². The molecular weight excluding hydrogens is 436 g/mol. The van der Waals surface area contributed by atoms with Gasteiger partial charge in [0.25, 0.3) is 0 Å². The summed E-state index contributed by atoms with van der Waals surface area (Å²) in [7, 11) is 9.39. The standard InChI is InChI=1S/C27H32O7/c1-16-12-19(14-17-8-10-21(29-2)26(33-6)24(17)31-4)23(28)20(13-16)15-18-9-11-22(30-3)27(34-7)25(18)32-5/h8-11,14-16H,12-13H2,1-7H3/b19-14-,20-15-. The lowest BCUT2D eigenvalue weighted by molar-refractivity contribution is -0.113. The molecule has 3 rings (SSSR count). The van der Waals surface area contributed by atoms with E-state index in [1.165, 1.54) is 0 Å². The van der Waals surface area contributed by atoms with Crippen LogP contribution < -0.4 is 28.4 Å². The van der Waals surface area contributed by atoms with E-state index in [2.05, 4.69) is 6.92 Å². The highest BCUT2D eigenvalue weighted by Crippen LogP contribution is 2.43. The highest BCUT2D eigenvalue weighted by atomic mass is 16.5. The number of Topliss-reactive ketones (excluding diaryl/α,β-unsaturated/α-hetero) is 1. The molecular formula is C27H32O7. The van der Waals surface area contributed by atoms with Crippen molar-refractivity contribution in [1.29, 1.82) is 0 Å². The Morgan fingerprint density at radius 3 is 1.32 bits per heavy atom. The maximum atomic E-state index is 13.5. The van der Waals surface area contributed by atoms with Gasteiger partial charge in [0.2, 0.25) is 11.5 Å². The fourth-order valence-corrected chi connectivity index (χ4v) is 4.32. The zero-order valence-corrected chi connectivity index (χ0v) is 20.8. The Labute approximate surface area is 200 Å². The van der Waals surface area contributed by atoms with Crippen LogP contribution in [0.3, 0.4) is 0 Å². The molecule has 0 bridgehead atoms. The summed E-state index contributed by atoms with van der Waals surface area (Å²) in [6.45, 7) is 2.13. The molecule has 1 aliphatic carbocycles. The second-order valence-electron chi connectivity index (χ2n) is 8.03. The molecule has 1 fully saturated rings. The summed E-state index contributed by atoms with van der Waals surface area (Å²) in [6, 6.07) is 7.33. The van der Waals surface area contributed by atoms with Crippen LogP contribution in [0.25, 0.3) is 12.2 Å². The Balaban J connectivity index is 2.07. The zero-order valence-electron chi connectivity index (χ0n) is 20.8. The third-order valence-electron chi connectivity index (χ3n) is 5.85. The van der Waals surface area contributed by atoms with Gasteiger partial charge in [0.1, 0.15) is 0 Å². The van der Waals surface area contributed by atoms with Crippen LogP contribution in [0.5, 0.6) is 34.5 Å². The van der Waals surface area contributed by atoms with E-state index in [9.17, 15) is 4.79 Å². The molecule has 182 valence electrons. The van der Waals surface area contributed by atoms with Crippen molar-refractivity contribution in [3.63, 3.8) is 0 Å². The first-order valence-electron chi connectivity index (χ1n) is 11.0.